The van der Waals surface area contributed by atoms with E-state index in [1.807, 2.05) is 4.90 Å². The molecule has 1 aromatic heterocycles. The number of ether oxygens (including phenoxy) is 1. The summed E-state index contributed by atoms with van der Waals surface area (Å²) in [5, 5.41) is 2.94. The minimum absolute atomic E-state index is 0.0128. The highest BCUT2D eigenvalue weighted by atomic mass is 19.4. The molecule has 142 valence electrons. The van der Waals surface area contributed by atoms with Crippen LogP contribution in [0.15, 0.2) is 12.4 Å². The van der Waals surface area contributed by atoms with E-state index in [-0.39, 0.29) is 23.2 Å². The lowest BCUT2D eigenvalue weighted by molar-refractivity contribution is -0.141. The summed E-state index contributed by atoms with van der Waals surface area (Å²) in [5.41, 5.74) is -1.40. The SMILES string of the molecule is CC(C)(C)OC(=O)N[C@@H]1C2CC23CN(c2cc(C(F)(F)F)ncn2)C[C@@H]13. The van der Waals surface area contributed by atoms with Crippen molar-refractivity contribution < 1.29 is 22.7 Å². The van der Waals surface area contributed by atoms with Gasteiger partial charge in [-0.1, -0.05) is 0 Å². The van der Waals surface area contributed by atoms with Crippen molar-refractivity contribution in [3.63, 3.8) is 0 Å². The van der Waals surface area contributed by atoms with Crippen LogP contribution in [0.1, 0.15) is 32.9 Å². The van der Waals surface area contributed by atoms with Gasteiger partial charge in [0.2, 0.25) is 0 Å². The fraction of sp³-hybridized carbons (Fsp3) is 0.706. The maximum absolute atomic E-state index is 12.9. The molecule has 1 saturated heterocycles. The van der Waals surface area contributed by atoms with Crippen LogP contribution >= 0.6 is 0 Å². The topological polar surface area (TPSA) is 67.3 Å². The molecule has 2 unspecified atom stereocenters. The van der Waals surface area contributed by atoms with Gasteiger partial charge in [-0.2, -0.15) is 13.2 Å². The zero-order valence-electron chi connectivity index (χ0n) is 14.8. The molecule has 1 spiro atoms. The van der Waals surface area contributed by atoms with Crippen LogP contribution in [-0.2, 0) is 10.9 Å². The maximum Gasteiger partial charge on any atom is 0.433 e. The third kappa shape index (κ3) is 2.77. The highest BCUT2D eigenvalue weighted by molar-refractivity contribution is 5.69. The minimum Gasteiger partial charge on any atom is -0.444 e. The van der Waals surface area contributed by atoms with Crippen LogP contribution < -0.4 is 10.2 Å². The second kappa shape index (κ2) is 5.23. The van der Waals surface area contributed by atoms with Crippen LogP contribution in [0.25, 0.3) is 0 Å². The molecule has 0 aromatic carbocycles. The second-order valence-corrected chi connectivity index (χ2v) is 8.46. The van der Waals surface area contributed by atoms with Gasteiger partial charge in [0.1, 0.15) is 23.4 Å². The molecule has 4 atom stereocenters. The molecule has 6 nitrogen and oxygen atoms in total. The number of alkyl carbamates (subject to hydrolysis) is 1. The highest BCUT2D eigenvalue weighted by Gasteiger charge is 2.77. The first-order chi connectivity index (χ1) is 12.0. The molecule has 2 heterocycles. The number of nitrogens with zero attached hydrogens (tertiary/aromatic N) is 3. The highest BCUT2D eigenvalue weighted by Crippen LogP contribution is 2.73. The van der Waals surface area contributed by atoms with Crippen molar-refractivity contribution in [1.29, 1.82) is 0 Å². The Labute approximate surface area is 149 Å². The fourth-order valence-electron chi connectivity index (χ4n) is 4.53. The molecule has 2 aliphatic carbocycles. The average Bonchev–Trinajstić information content (AvgIpc) is 3.00. The second-order valence-electron chi connectivity index (χ2n) is 8.46. The van der Waals surface area contributed by atoms with Crippen LogP contribution in [0.5, 0.6) is 0 Å². The Hall–Kier alpha value is -2.06. The summed E-state index contributed by atoms with van der Waals surface area (Å²) in [5.74, 6) is 0.871. The molecule has 2 saturated carbocycles. The first-order valence-corrected chi connectivity index (χ1v) is 8.63. The maximum atomic E-state index is 12.9. The van der Waals surface area contributed by atoms with Gasteiger partial charge in [-0.15, -0.1) is 0 Å². The van der Waals surface area contributed by atoms with E-state index in [0.29, 0.717) is 19.0 Å². The van der Waals surface area contributed by atoms with Crippen molar-refractivity contribution >= 4 is 11.9 Å². The summed E-state index contributed by atoms with van der Waals surface area (Å²) in [4.78, 5) is 21.2. The molecule has 1 aromatic rings. The van der Waals surface area contributed by atoms with Gasteiger partial charge in [0.05, 0.1) is 0 Å². The molecular formula is C17H21F3N4O2. The number of rotatable bonds is 2. The molecular weight excluding hydrogens is 349 g/mol. The number of anilines is 1. The van der Waals surface area contributed by atoms with Gasteiger partial charge in [0, 0.05) is 31.1 Å². The Bertz CT molecular complexity index is 748. The van der Waals surface area contributed by atoms with Gasteiger partial charge >= 0.3 is 12.3 Å². The van der Waals surface area contributed by atoms with E-state index in [9.17, 15) is 18.0 Å². The first kappa shape index (κ1) is 17.4. The molecule has 26 heavy (non-hydrogen) atoms. The molecule has 0 bridgehead atoms. The number of nitrogens with one attached hydrogen (secondary N) is 1. The number of carbonyl (C=O) groups is 1. The van der Waals surface area contributed by atoms with Gasteiger partial charge in [-0.25, -0.2) is 14.8 Å². The quantitative estimate of drug-likeness (QED) is 0.867. The third-order valence-corrected chi connectivity index (χ3v) is 5.64. The smallest absolute Gasteiger partial charge is 0.433 e. The van der Waals surface area contributed by atoms with Crippen molar-refractivity contribution in [3.05, 3.63) is 18.1 Å². The van der Waals surface area contributed by atoms with Crippen LogP contribution in [0.4, 0.5) is 23.8 Å². The number of hydrogen-bond donors (Lipinski definition) is 1. The van der Waals surface area contributed by atoms with Crippen molar-refractivity contribution in [2.45, 2.75) is 45.0 Å². The standard InChI is InChI=1S/C17H21F3N4O2/c1-15(2,3)26-14(25)23-13-9-5-16(9)7-24(6-10(13)16)12-4-11(17(18,19)20)21-8-22-12/h4,8-10,13H,5-7H2,1-3H3,(H,23,25)/t9?,10-,13+,16?/m0/s1. The van der Waals surface area contributed by atoms with Crippen LogP contribution in [0.3, 0.4) is 0 Å². The summed E-state index contributed by atoms with van der Waals surface area (Å²) in [7, 11) is 0. The zero-order chi connectivity index (χ0) is 18.9. The molecule has 0 radical (unpaired) electrons. The molecule has 1 N–H and O–H groups in total. The van der Waals surface area contributed by atoms with E-state index in [1.165, 1.54) is 0 Å². The number of amides is 1. The van der Waals surface area contributed by atoms with E-state index >= 15 is 0 Å². The summed E-state index contributed by atoms with van der Waals surface area (Å²) >= 11 is 0. The van der Waals surface area contributed by atoms with E-state index in [4.69, 9.17) is 4.74 Å². The number of carbonyl (C=O) groups excluding carboxylic acids is 1. The van der Waals surface area contributed by atoms with E-state index in [1.54, 1.807) is 20.8 Å². The molecule has 1 aliphatic heterocycles. The lowest BCUT2D eigenvalue weighted by atomic mass is 9.71. The van der Waals surface area contributed by atoms with E-state index in [0.717, 1.165) is 18.8 Å². The average molecular weight is 370 g/mol. The van der Waals surface area contributed by atoms with E-state index < -0.39 is 23.6 Å². The Balaban J connectivity index is 1.44. The van der Waals surface area contributed by atoms with E-state index in [2.05, 4.69) is 15.3 Å². The third-order valence-electron chi connectivity index (χ3n) is 5.64. The van der Waals surface area contributed by atoms with Gasteiger partial charge in [-0.05, 0) is 38.5 Å². The van der Waals surface area contributed by atoms with Crippen LogP contribution in [-0.4, -0.2) is 40.8 Å². The van der Waals surface area contributed by atoms with Crippen LogP contribution in [0.2, 0.25) is 0 Å². The van der Waals surface area contributed by atoms with Crippen molar-refractivity contribution in [2.24, 2.45) is 17.3 Å². The summed E-state index contributed by atoms with van der Waals surface area (Å²) in [6.45, 7) is 6.66. The lowest BCUT2D eigenvalue weighted by Crippen LogP contribution is -2.54. The number of alkyl halides is 3. The summed E-state index contributed by atoms with van der Waals surface area (Å²) in [6.07, 6.45) is -3.00. The minimum atomic E-state index is -4.49. The fourth-order valence-corrected chi connectivity index (χ4v) is 4.53. The molecule has 1 amide bonds. The first-order valence-electron chi connectivity index (χ1n) is 8.63. The van der Waals surface area contributed by atoms with Crippen LogP contribution in [0, 0.1) is 17.3 Å². The number of aromatic nitrogens is 2. The van der Waals surface area contributed by atoms with Gasteiger partial charge < -0.3 is 15.0 Å². The predicted octanol–water partition coefficient (Wildman–Crippen LogP) is 2.84. The summed E-state index contributed by atoms with van der Waals surface area (Å²) < 4.78 is 43.9. The number of hydrogen-bond acceptors (Lipinski definition) is 5. The Morgan fingerprint density at radius 2 is 2.04 bits per heavy atom. The molecule has 3 fully saturated rings. The lowest BCUT2D eigenvalue weighted by Gasteiger charge is -2.39. The van der Waals surface area contributed by atoms with Crippen molar-refractivity contribution in [2.75, 3.05) is 18.0 Å². The molecule has 3 aliphatic rings. The predicted molar refractivity (Wildman–Crippen MR) is 86.4 cm³/mol. The van der Waals surface area contributed by atoms with Gasteiger partial charge in [-0.3, -0.25) is 0 Å². The monoisotopic (exact) mass is 370 g/mol. The van der Waals surface area contributed by atoms with Crippen molar-refractivity contribution in [3.8, 4) is 0 Å². The molecule has 4 rings (SSSR count). The van der Waals surface area contributed by atoms with Crippen molar-refractivity contribution in [1.82, 2.24) is 15.3 Å². The van der Waals surface area contributed by atoms with Gasteiger partial charge in [0.25, 0.3) is 0 Å². The van der Waals surface area contributed by atoms with Gasteiger partial charge in [0.15, 0.2) is 0 Å². The zero-order valence-corrected chi connectivity index (χ0v) is 14.8. The molecule has 9 heteroatoms. The Morgan fingerprint density at radius 1 is 1.31 bits per heavy atom. The Kier molecular flexibility index (Phi) is 3.49. The normalized spacial score (nSPS) is 32.4. The largest absolute Gasteiger partial charge is 0.444 e. The summed E-state index contributed by atoms with van der Waals surface area (Å²) in [6, 6.07) is 1.01. The Morgan fingerprint density at radius 3 is 2.69 bits per heavy atom. The number of halogens is 3.